The highest BCUT2D eigenvalue weighted by atomic mass is 16.6. The van der Waals surface area contributed by atoms with E-state index in [0.29, 0.717) is 42.4 Å². The molecule has 0 heterocycles. The number of rotatable bonds is 18. The van der Waals surface area contributed by atoms with E-state index in [1.54, 1.807) is 0 Å². The fourth-order valence-electron chi connectivity index (χ4n) is 10.4. The Morgan fingerprint density at radius 3 is 2.26 bits per heavy atom. The van der Waals surface area contributed by atoms with E-state index in [9.17, 15) is 15.0 Å². The first-order valence-corrected chi connectivity index (χ1v) is 20.8. The van der Waals surface area contributed by atoms with E-state index in [2.05, 4.69) is 103 Å². The molecule has 3 saturated carbocycles. The average Bonchev–Trinajstić information content (AvgIpc) is 3.43. The summed E-state index contributed by atoms with van der Waals surface area (Å²) < 4.78 is 6.28. The lowest BCUT2D eigenvalue weighted by Crippen LogP contribution is -2.66. The Hall–Kier alpha value is -1.91. The fourth-order valence-corrected chi connectivity index (χ4v) is 10.4. The van der Waals surface area contributed by atoms with Crippen molar-refractivity contribution >= 4 is 5.97 Å². The van der Waals surface area contributed by atoms with E-state index < -0.39 is 23.2 Å². The first kappa shape index (κ1) is 40.9. The highest BCUT2D eigenvalue weighted by Crippen LogP contribution is 2.68. The molecule has 0 spiro atoms. The van der Waals surface area contributed by atoms with Crippen molar-refractivity contribution in [3.63, 3.8) is 0 Å². The van der Waals surface area contributed by atoms with Crippen molar-refractivity contribution in [3.8, 4) is 0 Å². The van der Waals surface area contributed by atoms with Gasteiger partial charge in [0.2, 0.25) is 0 Å². The number of aliphatic hydroxyl groups is 2. The highest BCUT2D eigenvalue weighted by molar-refractivity contribution is 5.70. The summed E-state index contributed by atoms with van der Waals surface area (Å²) in [6, 6.07) is 0. The van der Waals surface area contributed by atoms with E-state index in [1.807, 2.05) is 0 Å². The number of esters is 1. The number of allylic oxidation sites excluding steroid dienone is 9. The van der Waals surface area contributed by atoms with Gasteiger partial charge in [0.15, 0.2) is 0 Å². The van der Waals surface area contributed by atoms with Gasteiger partial charge in [-0.15, -0.1) is 0 Å². The number of fused-ring (bicyclic) bond motifs is 5. The Kier molecular flexibility index (Phi) is 15.3. The van der Waals surface area contributed by atoms with Crippen molar-refractivity contribution < 1.29 is 19.7 Å². The third kappa shape index (κ3) is 9.54. The minimum absolute atomic E-state index is 0.205. The molecule has 4 rings (SSSR count). The molecular weight excluding hydrogens is 617 g/mol. The van der Waals surface area contributed by atoms with Gasteiger partial charge < -0.3 is 14.9 Å². The fraction of sp³-hybridized carbons (Fsp3) is 0.761. The molecule has 0 saturated heterocycles. The number of aliphatic hydroxyl groups excluding tert-OH is 1. The van der Waals surface area contributed by atoms with Gasteiger partial charge >= 0.3 is 5.97 Å². The maximum Gasteiger partial charge on any atom is 0.306 e. The van der Waals surface area contributed by atoms with Crippen LogP contribution in [-0.2, 0) is 9.53 Å². The van der Waals surface area contributed by atoms with Crippen LogP contribution in [0.2, 0.25) is 0 Å². The monoisotopic (exact) mass is 691 g/mol. The molecule has 0 bridgehead atoms. The quantitative estimate of drug-likeness (QED) is 0.0853. The number of carbonyl (C=O) groups excluding carboxylic acids is 1. The zero-order valence-electron chi connectivity index (χ0n) is 33.0. The van der Waals surface area contributed by atoms with E-state index in [4.69, 9.17) is 4.74 Å². The molecule has 0 aliphatic heterocycles. The molecule has 4 heteroatoms. The zero-order valence-corrected chi connectivity index (χ0v) is 33.0. The number of hydrogen-bond donors (Lipinski definition) is 2. The van der Waals surface area contributed by atoms with Crippen molar-refractivity contribution in [3.05, 3.63) is 60.3 Å². The van der Waals surface area contributed by atoms with Gasteiger partial charge in [0, 0.05) is 18.3 Å². The van der Waals surface area contributed by atoms with Crippen LogP contribution in [0.15, 0.2) is 60.3 Å². The Morgan fingerprint density at radius 2 is 1.54 bits per heavy atom. The minimum atomic E-state index is -1.24. The first-order chi connectivity index (χ1) is 23.9. The lowest BCUT2D eigenvalue weighted by atomic mass is 9.45. The lowest BCUT2D eigenvalue weighted by molar-refractivity contribution is -0.222. The van der Waals surface area contributed by atoms with E-state index >= 15 is 0 Å². The van der Waals surface area contributed by atoms with Gasteiger partial charge in [0.25, 0.3) is 0 Å². The summed E-state index contributed by atoms with van der Waals surface area (Å²) in [5.41, 5.74) is 0.0117. The summed E-state index contributed by atoms with van der Waals surface area (Å²) in [7, 11) is 0. The highest BCUT2D eigenvalue weighted by Gasteiger charge is 2.66. The van der Waals surface area contributed by atoms with Gasteiger partial charge in [0.05, 0.1) is 6.10 Å². The predicted octanol–water partition coefficient (Wildman–Crippen LogP) is 11.6. The lowest BCUT2D eigenvalue weighted by Gasteiger charge is -2.62. The molecule has 0 radical (unpaired) electrons. The van der Waals surface area contributed by atoms with Crippen molar-refractivity contribution in [2.75, 3.05) is 0 Å². The smallest absolute Gasteiger partial charge is 0.306 e. The SMILES string of the molecule is CCC=CCC=CCC=CCCCCCCCC(=O)O[C@@H]1C=C2[C@@H]3CC[C@H]([C@H](C)/C=C/[C@H](C)C(C)C)[C@@]3(C)CC[C@@H]2[C@@]2(C)CC[C@H](O)C[C@]12O. The second-order valence-corrected chi connectivity index (χ2v) is 17.6. The topological polar surface area (TPSA) is 66.8 Å². The molecule has 50 heavy (non-hydrogen) atoms. The van der Waals surface area contributed by atoms with Gasteiger partial charge in [-0.05, 0) is 124 Å². The summed E-state index contributed by atoms with van der Waals surface area (Å²) >= 11 is 0. The van der Waals surface area contributed by atoms with Gasteiger partial charge in [-0.1, -0.05) is 122 Å². The molecule has 282 valence electrons. The van der Waals surface area contributed by atoms with Crippen LogP contribution in [0.1, 0.15) is 158 Å². The molecule has 4 aliphatic rings. The van der Waals surface area contributed by atoms with Crippen LogP contribution in [-0.4, -0.2) is 34.0 Å². The summed E-state index contributed by atoms with van der Waals surface area (Å²) in [6.45, 7) is 16.3. The Balaban J connectivity index is 1.33. The molecule has 10 atom stereocenters. The molecule has 4 nitrogen and oxygen atoms in total. The van der Waals surface area contributed by atoms with E-state index in [1.165, 1.54) is 37.7 Å². The summed E-state index contributed by atoms with van der Waals surface area (Å²) in [6.07, 6.45) is 35.6. The van der Waals surface area contributed by atoms with Crippen LogP contribution in [0.4, 0.5) is 0 Å². The second-order valence-electron chi connectivity index (χ2n) is 17.6. The molecule has 0 aromatic heterocycles. The zero-order chi connectivity index (χ0) is 36.4. The number of unbranched alkanes of at least 4 members (excludes halogenated alkanes) is 5. The maximum absolute atomic E-state index is 13.4. The molecule has 0 aromatic rings. The van der Waals surface area contributed by atoms with E-state index in [0.717, 1.165) is 57.8 Å². The summed E-state index contributed by atoms with van der Waals surface area (Å²) in [5.74, 6) is 2.91. The van der Waals surface area contributed by atoms with Gasteiger partial charge in [-0.25, -0.2) is 0 Å². The van der Waals surface area contributed by atoms with Crippen molar-refractivity contribution in [2.24, 2.45) is 46.3 Å². The van der Waals surface area contributed by atoms with Gasteiger partial charge in [-0.3, -0.25) is 4.79 Å². The second kappa shape index (κ2) is 18.7. The van der Waals surface area contributed by atoms with Gasteiger partial charge in [0.1, 0.15) is 11.7 Å². The summed E-state index contributed by atoms with van der Waals surface area (Å²) in [4.78, 5) is 13.4. The molecule has 3 fully saturated rings. The van der Waals surface area contributed by atoms with Crippen molar-refractivity contribution in [1.82, 2.24) is 0 Å². The molecule has 0 unspecified atom stereocenters. The summed E-state index contributed by atoms with van der Waals surface area (Å²) in [5, 5.41) is 23.3. The number of ether oxygens (including phenoxy) is 1. The molecule has 0 amide bonds. The predicted molar refractivity (Wildman–Crippen MR) is 209 cm³/mol. The maximum atomic E-state index is 13.4. The van der Waals surface area contributed by atoms with Crippen molar-refractivity contribution in [1.29, 1.82) is 0 Å². The van der Waals surface area contributed by atoms with Gasteiger partial charge in [-0.2, -0.15) is 0 Å². The molecule has 0 aromatic carbocycles. The normalized spacial score (nSPS) is 35.5. The molecule has 4 aliphatic carbocycles. The van der Waals surface area contributed by atoms with E-state index in [-0.39, 0.29) is 23.7 Å². The molecular formula is C46H74O4. The van der Waals surface area contributed by atoms with Crippen LogP contribution in [0, 0.1) is 46.3 Å². The Bertz CT molecular complexity index is 1220. The molecule has 2 N–H and O–H groups in total. The van der Waals surface area contributed by atoms with Crippen LogP contribution < -0.4 is 0 Å². The van der Waals surface area contributed by atoms with Crippen LogP contribution in [0.3, 0.4) is 0 Å². The van der Waals surface area contributed by atoms with Crippen LogP contribution in [0.25, 0.3) is 0 Å². The van der Waals surface area contributed by atoms with Crippen LogP contribution >= 0.6 is 0 Å². The standard InChI is InChI=1S/C46H74O4/c1-8-9-10-11-12-13-14-15-16-17-18-19-20-21-22-23-43(48)50-42-32-38-40-27-26-39(36(5)25-24-35(4)34(2)3)44(40,6)30-29-41(38)45(7)31-28-37(47)33-46(42,45)49/h9-10,12-13,15-16,24-25,32,34-37,39-42,47,49H,8,11,14,17-23,26-31,33H2,1-7H3/b10-9?,13-12?,16-15?,25-24+/t35-,36+,37-,39+,40-,41-,42+,44+,45+,46-/m0/s1. The minimum Gasteiger partial charge on any atom is -0.455 e. The Morgan fingerprint density at radius 1 is 0.860 bits per heavy atom. The average molecular weight is 691 g/mol. The van der Waals surface area contributed by atoms with Crippen LogP contribution in [0.5, 0.6) is 0 Å². The third-order valence-electron chi connectivity index (χ3n) is 14.0. The van der Waals surface area contributed by atoms with Crippen molar-refractivity contribution in [2.45, 2.75) is 175 Å². The first-order valence-electron chi connectivity index (χ1n) is 20.8. The third-order valence-corrected chi connectivity index (χ3v) is 14.0. The largest absolute Gasteiger partial charge is 0.455 e. The Labute approximate surface area is 307 Å². The number of carbonyl (C=O) groups is 1. The number of hydrogen-bond acceptors (Lipinski definition) is 4.